The van der Waals surface area contributed by atoms with Crippen LogP contribution < -0.4 is 10.6 Å². The number of rotatable bonds is 3. The average Bonchev–Trinajstić information content (AvgIpc) is 2.67. The summed E-state index contributed by atoms with van der Waals surface area (Å²) >= 11 is 3.55. The molecular weight excluding hydrogens is 452 g/mol. The number of benzene rings is 2. The van der Waals surface area contributed by atoms with Crippen LogP contribution in [0.1, 0.15) is 50.7 Å². The molecule has 4 rings (SSSR count). The number of allylic oxidation sites excluding steroid dienone is 3. The molecule has 0 aromatic heterocycles. The van der Waals surface area contributed by atoms with E-state index in [1.54, 1.807) is 0 Å². The third-order valence-corrected chi connectivity index (χ3v) is 6.55. The van der Waals surface area contributed by atoms with Gasteiger partial charge in [-0.1, -0.05) is 60.1 Å². The van der Waals surface area contributed by atoms with Crippen molar-refractivity contribution in [2.75, 3.05) is 5.32 Å². The highest BCUT2D eigenvalue weighted by Crippen LogP contribution is 2.47. The lowest BCUT2D eigenvalue weighted by Crippen LogP contribution is -2.39. The zero-order chi connectivity index (χ0) is 22.3. The molecule has 1 heterocycles. The molecule has 2 aliphatic rings. The highest BCUT2D eigenvalue weighted by atomic mass is 79.9. The summed E-state index contributed by atoms with van der Waals surface area (Å²) in [5.74, 6) is -0.479. The van der Waals surface area contributed by atoms with E-state index in [0.717, 1.165) is 44.7 Å². The van der Waals surface area contributed by atoms with Crippen molar-refractivity contribution < 1.29 is 9.59 Å². The van der Waals surface area contributed by atoms with Crippen LogP contribution >= 0.6 is 15.9 Å². The highest BCUT2D eigenvalue weighted by molar-refractivity contribution is 9.10. The van der Waals surface area contributed by atoms with Gasteiger partial charge in [-0.2, -0.15) is 0 Å². The summed E-state index contributed by atoms with van der Waals surface area (Å²) < 4.78 is 0.922. The van der Waals surface area contributed by atoms with Crippen LogP contribution in [0.5, 0.6) is 0 Å². The van der Waals surface area contributed by atoms with Crippen LogP contribution in [0.3, 0.4) is 0 Å². The Morgan fingerprint density at radius 2 is 1.84 bits per heavy atom. The molecule has 0 fully saturated rings. The molecule has 4 nitrogen and oxygen atoms in total. The monoisotopic (exact) mass is 478 g/mol. The molecule has 0 unspecified atom stereocenters. The van der Waals surface area contributed by atoms with E-state index in [2.05, 4.69) is 40.4 Å². The summed E-state index contributed by atoms with van der Waals surface area (Å²) in [7, 11) is 0. The first-order valence-corrected chi connectivity index (χ1v) is 11.3. The Morgan fingerprint density at radius 1 is 1.10 bits per heavy atom. The number of amides is 1. The summed E-state index contributed by atoms with van der Waals surface area (Å²) in [6.45, 7) is 8.12. The minimum Gasteiger partial charge on any atom is -0.362 e. The van der Waals surface area contributed by atoms with E-state index >= 15 is 0 Å². The molecule has 2 N–H and O–H groups in total. The van der Waals surface area contributed by atoms with Crippen molar-refractivity contribution in [3.8, 4) is 0 Å². The summed E-state index contributed by atoms with van der Waals surface area (Å²) in [5.41, 5.74) is 5.64. The van der Waals surface area contributed by atoms with Crippen LogP contribution in [-0.4, -0.2) is 11.7 Å². The van der Waals surface area contributed by atoms with Crippen LogP contribution in [0.25, 0.3) is 0 Å². The van der Waals surface area contributed by atoms with E-state index in [-0.39, 0.29) is 17.1 Å². The van der Waals surface area contributed by atoms with Crippen molar-refractivity contribution in [2.45, 2.75) is 46.5 Å². The lowest BCUT2D eigenvalue weighted by molar-refractivity contribution is -0.118. The fraction of sp³-hybridized carbons (Fsp3) is 0.308. The number of carbonyl (C=O) groups excluding carboxylic acids is 2. The van der Waals surface area contributed by atoms with Gasteiger partial charge >= 0.3 is 0 Å². The molecule has 1 aliphatic carbocycles. The van der Waals surface area contributed by atoms with Crippen molar-refractivity contribution >= 4 is 33.3 Å². The average molecular weight is 479 g/mol. The minimum absolute atomic E-state index is 0.105. The number of hydrogen-bond donors (Lipinski definition) is 2. The van der Waals surface area contributed by atoms with Gasteiger partial charge in [-0.25, -0.2) is 0 Å². The van der Waals surface area contributed by atoms with E-state index in [1.165, 1.54) is 0 Å². The first-order valence-electron chi connectivity index (χ1n) is 10.5. The topological polar surface area (TPSA) is 58.2 Å². The smallest absolute Gasteiger partial charge is 0.254 e. The maximum absolute atomic E-state index is 13.6. The van der Waals surface area contributed by atoms with Gasteiger partial charge in [-0.05, 0) is 55.0 Å². The van der Waals surface area contributed by atoms with Gasteiger partial charge in [0.1, 0.15) is 0 Å². The quantitative estimate of drug-likeness (QED) is 0.568. The second kappa shape index (κ2) is 8.12. The van der Waals surface area contributed by atoms with Gasteiger partial charge in [-0.15, -0.1) is 0 Å². The number of hydrogen-bond acceptors (Lipinski definition) is 3. The Morgan fingerprint density at radius 3 is 2.55 bits per heavy atom. The third kappa shape index (κ3) is 4.24. The number of halogens is 1. The Kier molecular flexibility index (Phi) is 5.65. The second-order valence-electron chi connectivity index (χ2n) is 9.25. The molecule has 0 saturated heterocycles. The zero-order valence-electron chi connectivity index (χ0n) is 18.3. The van der Waals surface area contributed by atoms with E-state index in [0.29, 0.717) is 12.0 Å². The number of aryl methyl sites for hydroxylation is 1. The number of Topliss-reactive ketones (excluding diaryl/α,β-unsaturated/α-hetero) is 1. The SMILES string of the molecule is CC1=C(C(=O)Nc2ccccc2C)[C@H](c2cccc(Br)c2)C2=C(CC(C)(C)CC2=O)N1. The molecule has 0 saturated carbocycles. The van der Waals surface area contributed by atoms with Gasteiger partial charge in [0.25, 0.3) is 5.91 Å². The van der Waals surface area contributed by atoms with E-state index in [9.17, 15) is 9.59 Å². The Bertz CT molecular complexity index is 1140. The number of nitrogens with one attached hydrogen (secondary N) is 2. The Labute approximate surface area is 191 Å². The fourth-order valence-electron chi connectivity index (χ4n) is 4.66. The molecule has 1 atom stereocenters. The van der Waals surface area contributed by atoms with Crippen molar-refractivity contribution in [3.05, 3.63) is 86.7 Å². The second-order valence-corrected chi connectivity index (χ2v) is 10.2. The normalized spacial score (nSPS) is 20.3. The molecule has 160 valence electrons. The molecule has 1 aliphatic heterocycles. The zero-order valence-corrected chi connectivity index (χ0v) is 19.9. The lowest BCUT2D eigenvalue weighted by Gasteiger charge is -2.39. The molecule has 2 aromatic carbocycles. The molecule has 1 amide bonds. The largest absolute Gasteiger partial charge is 0.362 e. The maximum Gasteiger partial charge on any atom is 0.254 e. The van der Waals surface area contributed by atoms with E-state index in [1.807, 2.05) is 62.4 Å². The standard InChI is InChI=1S/C26H27BrN2O2/c1-15-8-5-6-11-19(15)29-25(31)22-16(2)28-20-13-26(3,4)14-21(30)24(20)23(22)17-9-7-10-18(27)12-17/h5-12,23,28H,13-14H2,1-4H3,(H,29,31)/t23-/m0/s1. The fourth-order valence-corrected chi connectivity index (χ4v) is 5.08. The molecule has 0 bridgehead atoms. The van der Waals surface area contributed by atoms with Crippen LogP contribution in [0, 0.1) is 12.3 Å². The number of ketones is 1. The van der Waals surface area contributed by atoms with E-state index < -0.39 is 5.92 Å². The van der Waals surface area contributed by atoms with E-state index in [4.69, 9.17) is 0 Å². The Hall–Kier alpha value is -2.66. The van der Waals surface area contributed by atoms with Crippen LogP contribution in [0.2, 0.25) is 0 Å². The van der Waals surface area contributed by atoms with Crippen molar-refractivity contribution in [1.29, 1.82) is 0 Å². The van der Waals surface area contributed by atoms with Gasteiger partial charge < -0.3 is 10.6 Å². The van der Waals surface area contributed by atoms with Gasteiger partial charge in [0, 0.05) is 45.0 Å². The molecule has 0 spiro atoms. The molecule has 2 aromatic rings. The highest BCUT2D eigenvalue weighted by Gasteiger charge is 2.42. The predicted molar refractivity (Wildman–Crippen MR) is 128 cm³/mol. The number of carbonyl (C=O) groups is 2. The van der Waals surface area contributed by atoms with Gasteiger partial charge in [0.15, 0.2) is 5.78 Å². The number of dihydropyridines is 1. The minimum atomic E-state index is -0.402. The molecular formula is C26H27BrN2O2. The predicted octanol–water partition coefficient (Wildman–Crippen LogP) is 6.00. The van der Waals surface area contributed by atoms with Crippen molar-refractivity contribution in [3.63, 3.8) is 0 Å². The van der Waals surface area contributed by atoms with Crippen LogP contribution in [0.15, 0.2) is 75.5 Å². The van der Waals surface area contributed by atoms with Gasteiger partial charge in [0.2, 0.25) is 0 Å². The summed E-state index contributed by atoms with van der Waals surface area (Å²) in [6.07, 6.45) is 1.26. The number of para-hydroxylation sites is 1. The lowest BCUT2D eigenvalue weighted by atomic mass is 9.68. The Balaban J connectivity index is 1.83. The molecule has 31 heavy (non-hydrogen) atoms. The van der Waals surface area contributed by atoms with Gasteiger partial charge in [-0.3, -0.25) is 9.59 Å². The first-order chi connectivity index (χ1) is 14.7. The molecule has 5 heteroatoms. The van der Waals surface area contributed by atoms with Crippen LogP contribution in [-0.2, 0) is 9.59 Å². The third-order valence-electron chi connectivity index (χ3n) is 6.06. The van der Waals surface area contributed by atoms with Crippen molar-refractivity contribution in [1.82, 2.24) is 5.32 Å². The summed E-state index contributed by atoms with van der Waals surface area (Å²) in [4.78, 5) is 26.9. The summed E-state index contributed by atoms with van der Waals surface area (Å²) in [6, 6.07) is 15.6. The number of anilines is 1. The van der Waals surface area contributed by atoms with Gasteiger partial charge in [0.05, 0.1) is 0 Å². The first kappa shape index (κ1) is 21.6. The summed E-state index contributed by atoms with van der Waals surface area (Å²) in [5, 5.41) is 6.48. The maximum atomic E-state index is 13.6. The van der Waals surface area contributed by atoms with Crippen LogP contribution in [0.4, 0.5) is 5.69 Å². The molecule has 0 radical (unpaired) electrons. The van der Waals surface area contributed by atoms with Crippen molar-refractivity contribution in [2.24, 2.45) is 5.41 Å².